The molecule has 1 heterocycles. The predicted octanol–water partition coefficient (Wildman–Crippen LogP) is 4.02. The molecular weight excluding hydrogens is 248 g/mol. The zero-order valence-electron chi connectivity index (χ0n) is 13.9. The summed E-state index contributed by atoms with van der Waals surface area (Å²) in [6.45, 7) is 13.9. The zero-order valence-corrected chi connectivity index (χ0v) is 13.9. The van der Waals surface area contributed by atoms with Crippen LogP contribution in [0, 0.1) is 12.8 Å². The van der Waals surface area contributed by atoms with Crippen LogP contribution in [0.5, 0.6) is 0 Å². The molecule has 0 spiro atoms. The molecule has 1 aromatic heterocycles. The number of rotatable bonds is 8. The topological polar surface area (TPSA) is 49.8 Å². The van der Waals surface area contributed by atoms with Crippen LogP contribution in [0.3, 0.4) is 0 Å². The number of aromatic nitrogens is 2. The van der Waals surface area contributed by atoms with Gasteiger partial charge in [0.1, 0.15) is 17.5 Å². The van der Waals surface area contributed by atoms with E-state index in [2.05, 4.69) is 62.1 Å². The Morgan fingerprint density at radius 2 is 1.65 bits per heavy atom. The molecule has 0 bridgehead atoms. The monoisotopic (exact) mass is 278 g/mol. The van der Waals surface area contributed by atoms with Crippen LogP contribution in [-0.2, 0) is 6.42 Å². The molecule has 1 atom stereocenters. The van der Waals surface area contributed by atoms with E-state index in [9.17, 15) is 0 Å². The fraction of sp³-hybridized carbons (Fsp3) is 0.750. The van der Waals surface area contributed by atoms with Gasteiger partial charge in [-0.05, 0) is 39.5 Å². The van der Waals surface area contributed by atoms with E-state index in [1.54, 1.807) is 0 Å². The molecule has 4 heteroatoms. The first-order valence-corrected chi connectivity index (χ1v) is 7.85. The van der Waals surface area contributed by atoms with Gasteiger partial charge < -0.3 is 10.6 Å². The fourth-order valence-corrected chi connectivity index (χ4v) is 2.09. The van der Waals surface area contributed by atoms with Gasteiger partial charge in [0.05, 0.1) is 0 Å². The maximum Gasteiger partial charge on any atom is 0.134 e. The molecule has 1 aromatic rings. The Labute approximate surface area is 123 Å². The third-order valence-corrected chi connectivity index (χ3v) is 3.41. The molecule has 0 saturated carbocycles. The molecule has 2 N–H and O–H groups in total. The Hall–Kier alpha value is -1.32. The molecule has 114 valence electrons. The highest BCUT2D eigenvalue weighted by atomic mass is 15.1. The Balaban J connectivity index is 2.84. The average molecular weight is 278 g/mol. The second-order valence-electron chi connectivity index (χ2n) is 5.86. The molecule has 4 nitrogen and oxygen atoms in total. The number of hydrogen-bond donors (Lipinski definition) is 2. The summed E-state index contributed by atoms with van der Waals surface area (Å²) in [6, 6.07) is 0.435. The Morgan fingerprint density at radius 3 is 2.20 bits per heavy atom. The van der Waals surface area contributed by atoms with Gasteiger partial charge in [0.15, 0.2) is 0 Å². The van der Waals surface area contributed by atoms with Gasteiger partial charge >= 0.3 is 0 Å². The van der Waals surface area contributed by atoms with Gasteiger partial charge in [-0.2, -0.15) is 0 Å². The van der Waals surface area contributed by atoms with Crippen LogP contribution in [0.15, 0.2) is 0 Å². The summed E-state index contributed by atoms with van der Waals surface area (Å²) in [4.78, 5) is 9.20. The van der Waals surface area contributed by atoms with Crippen molar-refractivity contribution in [3.8, 4) is 0 Å². The molecule has 20 heavy (non-hydrogen) atoms. The molecule has 1 unspecified atom stereocenters. The van der Waals surface area contributed by atoms with Crippen molar-refractivity contribution < 1.29 is 0 Å². The van der Waals surface area contributed by atoms with Crippen LogP contribution >= 0.6 is 0 Å². The van der Waals surface area contributed by atoms with E-state index in [0.29, 0.717) is 6.04 Å². The van der Waals surface area contributed by atoms with E-state index in [4.69, 9.17) is 0 Å². The number of hydrogen-bond acceptors (Lipinski definition) is 4. The largest absolute Gasteiger partial charge is 0.370 e. The number of anilines is 2. The van der Waals surface area contributed by atoms with Crippen LogP contribution in [-0.4, -0.2) is 22.6 Å². The van der Waals surface area contributed by atoms with Crippen LogP contribution in [0.2, 0.25) is 0 Å². The smallest absolute Gasteiger partial charge is 0.134 e. The van der Waals surface area contributed by atoms with Gasteiger partial charge in [-0.3, -0.25) is 0 Å². The third-order valence-electron chi connectivity index (χ3n) is 3.41. The van der Waals surface area contributed by atoms with Gasteiger partial charge in [-0.15, -0.1) is 0 Å². The van der Waals surface area contributed by atoms with Crippen LogP contribution < -0.4 is 10.6 Å². The summed E-state index contributed by atoms with van der Waals surface area (Å²) in [5, 5.41) is 6.87. The highest BCUT2D eigenvalue weighted by Crippen LogP contribution is 2.22. The average Bonchev–Trinajstić information content (AvgIpc) is 2.41. The SMILES string of the molecule is CCNc1nc(CC)nc(NC(C)CCC(C)C)c1C. The summed E-state index contributed by atoms with van der Waals surface area (Å²) < 4.78 is 0. The molecule has 0 aromatic carbocycles. The molecule has 0 aliphatic carbocycles. The fourth-order valence-electron chi connectivity index (χ4n) is 2.09. The molecule has 0 saturated heterocycles. The van der Waals surface area contributed by atoms with Gasteiger partial charge in [-0.1, -0.05) is 20.8 Å². The van der Waals surface area contributed by atoms with E-state index in [-0.39, 0.29) is 0 Å². The summed E-state index contributed by atoms with van der Waals surface area (Å²) in [5.41, 5.74) is 1.11. The van der Waals surface area contributed by atoms with E-state index >= 15 is 0 Å². The minimum Gasteiger partial charge on any atom is -0.370 e. The lowest BCUT2D eigenvalue weighted by molar-refractivity contribution is 0.527. The molecule has 1 rings (SSSR count). The van der Waals surface area contributed by atoms with Crippen molar-refractivity contribution in [2.24, 2.45) is 5.92 Å². The minimum absolute atomic E-state index is 0.435. The zero-order chi connectivity index (χ0) is 15.1. The van der Waals surface area contributed by atoms with Crippen molar-refractivity contribution in [3.05, 3.63) is 11.4 Å². The summed E-state index contributed by atoms with van der Waals surface area (Å²) >= 11 is 0. The summed E-state index contributed by atoms with van der Waals surface area (Å²) in [5.74, 6) is 3.57. The molecular formula is C16H30N4. The lowest BCUT2D eigenvalue weighted by atomic mass is 10.0. The van der Waals surface area contributed by atoms with E-state index in [1.807, 2.05) is 0 Å². The second-order valence-corrected chi connectivity index (χ2v) is 5.86. The van der Waals surface area contributed by atoms with Gasteiger partial charge in [0, 0.05) is 24.6 Å². The first-order valence-electron chi connectivity index (χ1n) is 7.85. The summed E-state index contributed by atoms with van der Waals surface area (Å²) in [7, 11) is 0. The summed E-state index contributed by atoms with van der Waals surface area (Å²) in [6.07, 6.45) is 3.26. The van der Waals surface area contributed by atoms with Crippen molar-refractivity contribution in [2.75, 3.05) is 17.2 Å². The molecule has 0 aliphatic rings. The molecule has 0 fully saturated rings. The van der Waals surface area contributed by atoms with Crippen LogP contribution in [0.4, 0.5) is 11.6 Å². The van der Waals surface area contributed by atoms with Crippen molar-refractivity contribution in [3.63, 3.8) is 0 Å². The molecule has 0 radical (unpaired) electrons. The molecule has 0 aliphatic heterocycles. The minimum atomic E-state index is 0.435. The van der Waals surface area contributed by atoms with Gasteiger partial charge in [-0.25, -0.2) is 9.97 Å². The number of nitrogens with one attached hydrogen (secondary N) is 2. The van der Waals surface area contributed by atoms with Crippen LogP contribution in [0.25, 0.3) is 0 Å². The van der Waals surface area contributed by atoms with Gasteiger partial charge in [0.25, 0.3) is 0 Å². The second kappa shape index (κ2) is 8.08. The predicted molar refractivity (Wildman–Crippen MR) is 87.5 cm³/mol. The quantitative estimate of drug-likeness (QED) is 0.754. The highest BCUT2D eigenvalue weighted by molar-refractivity contribution is 5.57. The number of aryl methyl sites for hydroxylation is 1. The van der Waals surface area contributed by atoms with Crippen molar-refractivity contribution in [2.45, 2.75) is 66.8 Å². The normalized spacial score (nSPS) is 12.6. The van der Waals surface area contributed by atoms with E-state index in [1.165, 1.54) is 12.8 Å². The maximum atomic E-state index is 4.64. The maximum absolute atomic E-state index is 4.64. The third kappa shape index (κ3) is 4.99. The number of nitrogens with zero attached hydrogens (tertiary/aromatic N) is 2. The first-order chi connectivity index (χ1) is 9.47. The lowest BCUT2D eigenvalue weighted by Gasteiger charge is -2.19. The Kier molecular flexibility index (Phi) is 6.76. The highest BCUT2D eigenvalue weighted by Gasteiger charge is 2.12. The first kappa shape index (κ1) is 16.7. The van der Waals surface area contributed by atoms with Crippen LogP contribution in [0.1, 0.15) is 58.8 Å². The van der Waals surface area contributed by atoms with E-state index < -0.39 is 0 Å². The Bertz CT molecular complexity index is 415. The lowest BCUT2D eigenvalue weighted by Crippen LogP contribution is -2.19. The molecule has 0 amide bonds. The van der Waals surface area contributed by atoms with Crippen molar-refractivity contribution in [1.82, 2.24) is 9.97 Å². The van der Waals surface area contributed by atoms with Gasteiger partial charge in [0.2, 0.25) is 0 Å². The standard InChI is InChI=1S/C16H30N4/c1-7-14-19-15(17-8-2)13(6)16(20-14)18-12(5)10-9-11(3)4/h11-12H,7-10H2,1-6H3,(H2,17,18,19,20). The Morgan fingerprint density at radius 1 is 1.00 bits per heavy atom. The van der Waals surface area contributed by atoms with Crippen molar-refractivity contribution in [1.29, 1.82) is 0 Å². The van der Waals surface area contributed by atoms with Crippen molar-refractivity contribution >= 4 is 11.6 Å². The van der Waals surface area contributed by atoms with E-state index in [0.717, 1.165) is 41.9 Å².